The fourth-order valence-corrected chi connectivity index (χ4v) is 16.6. The number of amides is 10. The van der Waals surface area contributed by atoms with Gasteiger partial charge in [-0.25, -0.2) is 4.79 Å². The number of rotatable bonds is 32. The number of allylic oxidation sites excluding steroid dienone is 1. The molecule has 2 bridgehead atoms. The summed E-state index contributed by atoms with van der Waals surface area (Å²) in [5.41, 5.74) is 30.3. The van der Waals surface area contributed by atoms with E-state index in [-0.39, 0.29) is 154 Å². The molecule has 32 nitrogen and oxygen atoms in total. The summed E-state index contributed by atoms with van der Waals surface area (Å²) in [4.78, 5) is 171. The average molecular weight is 1710 g/mol. The normalized spacial score (nSPS) is 18.6. The molecule has 2 aliphatic heterocycles. The molecule has 34 heteroatoms. The van der Waals surface area contributed by atoms with Crippen LogP contribution in [0.4, 0.5) is 0 Å². The number of primary amides is 1. The Hall–Kier alpha value is -12.8. The van der Waals surface area contributed by atoms with Gasteiger partial charge in [0.1, 0.15) is 59.8 Å². The molecule has 0 spiro atoms. The molecule has 6 aromatic carbocycles. The second-order valence-electron chi connectivity index (χ2n) is 30.6. The van der Waals surface area contributed by atoms with Crippen molar-refractivity contribution >= 4 is 124 Å². The Morgan fingerprint density at radius 1 is 0.598 bits per heavy atom. The highest BCUT2D eigenvalue weighted by Crippen LogP contribution is 2.51. The van der Waals surface area contributed by atoms with Gasteiger partial charge in [-0.05, 0) is 139 Å². The topological polar surface area (TPSA) is 539 Å². The van der Waals surface area contributed by atoms with E-state index in [9.17, 15) is 53.4 Å². The van der Waals surface area contributed by atoms with Crippen LogP contribution in [-0.2, 0) is 78.7 Å². The number of thioether (sulfide) groups is 2. The molecular formula is C88H105N17O15S2. The number of carboxylic acid groups (broad SMARTS) is 1. The van der Waals surface area contributed by atoms with Crippen molar-refractivity contribution in [3.8, 4) is 11.5 Å². The summed E-state index contributed by atoms with van der Waals surface area (Å²) in [6.45, 7) is 3.71. The predicted molar refractivity (Wildman–Crippen MR) is 465 cm³/mol. The number of carbonyl (C=O) groups is 12. The Morgan fingerprint density at radius 2 is 1.23 bits per heavy atom. The van der Waals surface area contributed by atoms with Crippen LogP contribution in [0.2, 0.25) is 0 Å². The van der Waals surface area contributed by atoms with Gasteiger partial charge in [-0.15, -0.1) is 0 Å². The molecule has 23 N–H and O–H groups in total. The van der Waals surface area contributed by atoms with E-state index in [1.807, 2.05) is 38.1 Å². The third-order valence-electron chi connectivity index (χ3n) is 20.8. The second-order valence-corrected chi connectivity index (χ2v) is 32.7. The minimum absolute atomic E-state index is 0.0170. The first kappa shape index (κ1) is 91.5. The number of phenols is 1. The molecule has 0 saturated carbocycles. The lowest BCUT2D eigenvalue weighted by atomic mass is 9.78. The van der Waals surface area contributed by atoms with Crippen LogP contribution in [-0.4, -0.2) is 179 Å². The molecule has 2 aliphatic carbocycles. The number of ether oxygens (including phenoxy) is 1. The van der Waals surface area contributed by atoms with Crippen LogP contribution in [0.5, 0.6) is 11.5 Å². The maximum atomic E-state index is 15.3. The third kappa shape index (κ3) is 26.1. The molecule has 122 heavy (non-hydrogen) atoms. The van der Waals surface area contributed by atoms with Gasteiger partial charge in [0, 0.05) is 102 Å². The van der Waals surface area contributed by atoms with Gasteiger partial charge in [-0.1, -0.05) is 135 Å². The van der Waals surface area contributed by atoms with E-state index in [1.165, 1.54) is 53.9 Å². The summed E-state index contributed by atoms with van der Waals surface area (Å²) in [5, 5.41) is 67.3. The number of ketones is 1. The number of aromatic hydroxyl groups is 1. The number of aromatic carboxylic acids is 1. The summed E-state index contributed by atoms with van der Waals surface area (Å²) in [7, 11) is 0. The van der Waals surface area contributed by atoms with E-state index in [1.54, 1.807) is 103 Å². The van der Waals surface area contributed by atoms with E-state index in [2.05, 4.69) is 58.5 Å². The van der Waals surface area contributed by atoms with Crippen molar-refractivity contribution < 1.29 is 72.5 Å². The van der Waals surface area contributed by atoms with Crippen molar-refractivity contribution in [2.75, 3.05) is 37.7 Å². The number of unbranched alkanes of at least 4 members (excludes halogenated alkanes) is 1. The molecule has 2 heterocycles. The van der Waals surface area contributed by atoms with E-state index >= 15 is 14.4 Å². The molecule has 10 rings (SSSR count). The number of phenolic OH excluding ortho intramolecular Hbond substituents is 1. The van der Waals surface area contributed by atoms with Gasteiger partial charge in [-0.2, -0.15) is 23.5 Å². The lowest BCUT2D eigenvalue weighted by molar-refractivity contribution is -0.135. The molecule has 0 aromatic heterocycles. The number of fused-ring (bicyclic) bond motifs is 8. The van der Waals surface area contributed by atoms with Crippen LogP contribution >= 0.6 is 23.5 Å². The van der Waals surface area contributed by atoms with E-state index < -0.39 is 126 Å². The van der Waals surface area contributed by atoms with Crippen LogP contribution in [0, 0.1) is 16.7 Å². The first-order chi connectivity index (χ1) is 58.6. The van der Waals surface area contributed by atoms with E-state index in [0.717, 1.165) is 11.1 Å². The minimum Gasteiger partial charge on any atom is -0.508 e. The van der Waals surface area contributed by atoms with Crippen LogP contribution in [0.25, 0.3) is 17.7 Å². The van der Waals surface area contributed by atoms with Crippen LogP contribution in [0.15, 0.2) is 151 Å². The Bertz CT molecular complexity index is 4990. The Kier molecular flexibility index (Phi) is 33.3. The van der Waals surface area contributed by atoms with Gasteiger partial charge < -0.3 is 96.4 Å². The van der Waals surface area contributed by atoms with Gasteiger partial charge in [-0.3, -0.25) is 63.6 Å². The monoisotopic (exact) mass is 1700 g/mol. The van der Waals surface area contributed by atoms with Gasteiger partial charge in [0.25, 0.3) is 5.91 Å². The summed E-state index contributed by atoms with van der Waals surface area (Å²) in [5.74, 6) is -9.21. The molecule has 0 radical (unpaired) electrons. The summed E-state index contributed by atoms with van der Waals surface area (Å²) in [6.07, 6.45) is 6.34. The average Bonchev–Trinajstić information content (AvgIpc) is 0.724. The summed E-state index contributed by atoms with van der Waals surface area (Å²) >= 11 is 2.60. The van der Waals surface area contributed by atoms with E-state index in [0.29, 0.717) is 68.0 Å². The fraction of sp³-hybridized carbons (Fsp3) is 0.364. The number of nitrogens with two attached hydrogens (primary N) is 4. The molecular weight excluding hydrogens is 1600 g/mol. The Labute approximate surface area is 714 Å². The number of benzene rings is 6. The number of hydrogen-bond donors (Lipinski definition) is 19. The SMILES string of the molecule is CC(C)C[C@@H]1NC(=O)[C@H](CCCNC(=N)N)NC(=O)[C@@H](NC(=O)[C@H](Cc2ccccc2)NC(=O)[C@H](CCCCN)NC(=O)[C@H](CCCNC(=N)N)NC(=O)CCNC(=O)c2ccc(C3=C4C=Cc5cc(O)ccc5C4Oc4c3ccc3c4C=CC(=O)C3)c(C(=O)O)c2)CSCc2cccc(c2)CSC[C@@H](C(N)=O)NC(=O)[C@H](Cc2ccccc2)NC1=O. The largest absolute Gasteiger partial charge is 0.508 e. The molecule has 0 fully saturated rings. The van der Waals surface area contributed by atoms with E-state index in [4.69, 9.17) is 38.5 Å². The number of guanidine groups is 2. The molecule has 6 aromatic rings. The molecule has 4 aliphatic rings. The van der Waals surface area contributed by atoms with Crippen molar-refractivity contribution in [3.05, 3.63) is 218 Å². The molecule has 0 saturated heterocycles. The first-order valence-corrected chi connectivity index (χ1v) is 42.7. The quantitative estimate of drug-likeness (QED) is 0.0161. The van der Waals surface area contributed by atoms with Gasteiger partial charge in [0.05, 0.1) is 5.56 Å². The summed E-state index contributed by atoms with van der Waals surface area (Å²) in [6, 6.07) is 26.8. The van der Waals surface area contributed by atoms with Crippen molar-refractivity contribution in [3.63, 3.8) is 0 Å². The zero-order chi connectivity index (χ0) is 87.5. The lowest BCUT2D eigenvalue weighted by Crippen LogP contribution is -2.61. The van der Waals surface area contributed by atoms with Crippen LogP contribution in [0.3, 0.4) is 0 Å². The molecule has 10 amide bonds. The molecule has 9 atom stereocenters. The van der Waals surface area contributed by atoms with Gasteiger partial charge in [0.15, 0.2) is 23.8 Å². The highest BCUT2D eigenvalue weighted by molar-refractivity contribution is 7.98. The summed E-state index contributed by atoms with van der Waals surface area (Å²) < 4.78 is 6.76. The van der Waals surface area contributed by atoms with Crippen LogP contribution in [0.1, 0.15) is 154 Å². The number of carbonyl (C=O) groups excluding carboxylic acids is 11. The van der Waals surface area contributed by atoms with Crippen LogP contribution < -0.4 is 86.2 Å². The molecule has 644 valence electrons. The highest BCUT2D eigenvalue weighted by atomic mass is 32.2. The lowest BCUT2D eigenvalue weighted by Gasteiger charge is -2.35. The fourth-order valence-electron chi connectivity index (χ4n) is 14.6. The first-order valence-electron chi connectivity index (χ1n) is 40.4. The highest BCUT2D eigenvalue weighted by Gasteiger charge is 2.39. The maximum absolute atomic E-state index is 15.3. The van der Waals surface area contributed by atoms with Crippen molar-refractivity contribution in [1.29, 1.82) is 10.8 Å². The van der Waals surface area contributed by atoms with Crippen molar-refractivity contribution in [2.45, 2.75) is 157 Å². The Morgan fingerprint density at radius 3 is 1.91 bits per heavy atom. The predicted octanol–water partition coefficient (Wildman–Crippen LogP) is 4.04. The smallest absolute Gasteiger partial charge is 0.336 e. The standard InChI is InChI=1S/C88H105N17O15S2/c1-49(2)38-68-82(114)103-69(40-50-14-5-3-6-15-50)83(115)104-71(77(90)109)47-121-45-52-18-11-19-53(39-52)46-122-48-72(85(117)100-67(81(113)101-68)22-13-36-97-88(93)94)105-84(116)70(41-51-16-7-4-8-17-51)102-80(112)66(20-9-10-34-89)99-79(111)65(21-12-35-96-87(91)92)98-73(108)33-37-95-78(110)56-25-28-61(64(44-56)86(118)119)74-62-29-23-54-42-57(106)26-31-59(54)75(62)120-76-60-32-27-58(107)43-55(60)24-30-63(74)76/h3-8,11,14-19,23-32,39,42,44,49,65-72,75,106H,9-10,12-13,20-22,33-38,40-41,43,45-48,89H2,1-2H3,(H2,90,109)(H,95,110)(H,98,108)(H,99,111)(H,100,117)(H,101,113)(H,102,112)(H,103,114)(H,104,115)(H,105,116)(H,118,119)(H4,91,92,96)(H4,93,94,97)/t65-,66-,67-,68-,69-,70-,71-,72-,75?/m0/s1. The van der Waals surface area contributed by atoms with Gasteiger partial charge >= 0.3 is 5.97 Å². The molecule has 1 unspecified atom stereocenters. The van der Waals surface area contributed by atoms with Crippen molar-refractivity contribution in [2.24, 2.45) is 28.9 Å². The van der Waals surface area contributed by atoms with Crippen molar-refractivity contribution in [1.82, 2.24) is 58.5 Å². The second kappa shape index (κ2) is 44.5. The zero-order valence-corrected chi connectivity index (χ0v) is 69.4. The minimum atomic E-state index is -1.47. The number of carboxylic acids is 1. The maximum Gasteiger partial charge on any atom is 0.336 e. The van der Waals surface area contributed by atoms with Gasteiger partial charge in [0.2, 0.25) is 53.2 Å². The number of nitrogens with one attached hydrogen (secondary N) is 13. The zero-order valence-electron chi connectivity index (χ0n) is 67.8. The Balaban J connectivity index is 0.876. The number of hydrogen-bond acceptors (Lipinski definition) is 19. The third-order valence-corrected chi connectivity index (χ3v) is 23.0.